The van der Waals surface area contributed by atoms with Gasteiger partial charge >= 0.3 is 5.97 Å². The summed E-state index contributed by atoms with van der Waals surface area (Å²) in [5.74, 6) is 0.763. The molecule has 2 rings (SSSR count). The van der Waals surface area contributed by atoms with Gasteiger partial charge < -0.3 is 9.72 Å². The molecule has 0 spiro atoms. The molecule has 1 aliphatic carbocycles. The lowest BCUT2D eigenvalue weighted by Crippen LogP contribution is -2.10. The second-order valence-electron chi connectivity index (χ2n) is 3.92. The molecule has 6 heteroatoms. The molecule has 1 aromatic heterocycles. The summed E-state index contributed by atoms with van der Waals surface area (Å²) in [6.45, 7) is 0. The van der Waals surface area contributed by atoms with Crippen LogP contribution in [0, 0.1) is 0 Å². The van der Waals surface area contributed by atoms with E-state index in [0.717, 1.165) is 18.5 Å². The van der Waals surface area contributed by atoms with Gasteiger partial charge in [-0.2, -0.15) is 0 Å². The average Bonchev–Trinajstić information content (AvgIpc) is 3.12. The first kappa shape index (κ1) is 12.2. The van der Waals surface area contributed by atoms with E-state index in [9.17, 15) is 9.59 Å². The molecule has 1 aromatic rings. The monoisotopic (exact) mass is 254 g/mol. The van der Waals surface area contributed by atoms with Crippen molar-refractivity contribution in [3.63, 3.8) is 0 Å². The number of H-pyrrole nitrogens is 1. The van der Waals surface area contributed by atoms with E-state index in [1.165, 1.54) is 18.9 Å². The van der Waals surface area contributed by atoms with Gasteiger partial charge in [0, 0.05) is 17.7 Å². The van der Waals surface area contributed by atoms with Crippen molar-refractivity contribution < 1.29 is 9.53 Å². The second kappa shape index (κ2) is 5.35. The van der Waals surface area contributed by atoms with Crippen molar-refractivity contribution in [2.24, 2.45) is 0 Å². The van der Waals surface area contributed by atoms with Crippen LogP contribution in [0.3, 0.4) is 0 Å². The van der Waals surface area contributed by atoms with Crippen LogP contribution in [0.2, 0.25) is 0 Å². The van der Waals surface area contributed by atoms with E-state index in [1.807, 2.05) is 0 Å². The molecular weight excluding hydrogens is 240 g/mol. The first-order chi connectivity index (χ1) is 8.19. The molecule has 1 heterocycles. The lowest BCUT2D eigenvalue weighted by atomic mass is 10.3. The van der Waals surface area contributed by atoms with Crippen LogP contribution in [0.4, 0.5) is 0 Å². The Kier molecular flexibility index (Phi) is 3.83. The van der Waals surface area contributed by atoms with Crippen molar-refractivity contribution >= 4 is 17.7 Å². The zero-order valence-electron chi connectivity index (χ0n) is 9.56. The van der Waals surface area contributed by atoms with E-state index in [1.54, 1.807) is 6.07 Å². The minimum atomic E-state index is -0.252. The standard InChI is InChI=1S/C11H14N2O3S/c1-16-10(15)4-5-17-11-12-8(7-2-3-7)6-9(14)13-11/h6-7H,2-5H2,1H3,(H,12,13,14). The van der Waals surface area contributed by atoms with Crippen molar-refractivity contribution in [3.05, 3.63) is 22.1 Å². The zero-order chi connectivity index (χ0) is 12.3. The number of hydrogen-bond acceptors (Lipinski definition) is 5. The topological polar surface area (TPSA) is 72.0 Å². The first-order valence-electron chi connectivity index (χ1n) is 5.50. The highest BCUT2D eigenvalue weighted by atomic mass is 32.2. The fourth-order valence-corrected chi connectivity index (χ4v) is 2.25. The van der Waals surface area contributed by atoms with Gasteiger partial charge in [0.2, 0.25) is 0 Å². The third-order valence-electron chi connectivity index (χ3n) is 2.51. The van der Waals surface area contributed by atoms with Gasteiger partial charge in [-0.1, -0.05) is 11.8 Å². The summed E-state index contributed by atoms with van der Waals surface area (Å²) < 4.78 is 4.54. The molecule has 1 fully saturated rings. The Morgan fingerprint density at radius 2 is 2.41 bits per heavy atom. The van der Waals surface area contributed by atoms with Crippen LogP contribution in [-0.4, -0.2) is 28.8 Å². The molecule has 0 radical (unpaired) electrons. The SMILES string of the molecule is COC(=O)CCSc1nc(C2CC2)cc(=O)[nH]1. The van der Waals surface area contributed by atoms with Crippen molar-refractivity contribution in [2.45, 2.75) is 30.3 Å². The van der Waals surface area contributed by atoms with E-state index in [4.69, 9.17) is 0 Å². The molecule has 17 heavy (non-hydrogen) atoms. The molecule has 0 aromatic carbocycles. The Balaban J connectivity index is 1.95. The number of carbonyl (C=O) groups excluding carboxylic acids is 1. The summed E-state index contributed by atoms with van der Waals surface area (Å²) in [5, 5.41) is 0.586. The molecule has 0 bridgehead atoms. The van der Waals surface area contributed by atoms with Crippen LogP contribution in [0.5, 0.6) is 0 Å². The van der Waals surface area contributed by atoms with Gasteiger partial charge in [-0.15, -0.1) is 0 Å². The van der Waals surface area contributed by atoms with Gasteiger partial charge in [0.25, 0.3) is 5.56 Å². The van der Waals surface area contributed by atoms with Crippen LogP contribution in [0.1, 0.15) is 30.9 Å². The lowest BCUT2D eigenvalue weighted by molar-refractivity contribution is -0.140. The Morgan fingerprint density at radius 3 is 3.06 bits per heavy atom. The zero-order valence-corrected chi connectivity index (χ0v) is 10.4. The minimum Gasteiger partial charge on any atom is -0.469 e. The van der Waals surface area contributed by atoms with Crippen LogP contribution >= 0.6 is 11.8 Å². The fraction of sp³-hybridized carbons (Fsp3) is 0.545. The van der Waals surface area contributed by atoms with Crippen LogP contribution < -0.4 is 5.56 Å². The summed E-state index contributed by atoms with van der Waals surface area (Å²) in [5.41, 5.74) is 0.747. The molecule has 0 unspecified atom stereocenters. The molecule has 1 saturated carbocycles. The summed E-state index contributed by atoms with van der Waals surface area (Å²) in [6, 6.07) is 1.56. The molecule has 0 amide bonds. The number of aromatic nitrogens is 2. The fourth-order valence-electron chi connectivity index (χ4n) is 1.44. The largest absolute Gasteiger partial charge is 0.469 e. The maximum Gasteiger partial charge on any atom is 0.306 e. The maximum atomic E-state index is 11.4. The van der Waals surface area contributed by atoms with Gasteiger partial charge in [0.1, 0.15) is 0 Å². The van der Waals surface area contributed by atoms with E-state index >= 15 is 0 Å². The van der Waals surface area contributed by atoms with Crippen LogP contribution in [-0.2, 0) is 9.53 Å². The van der Waals surface area contributed by atoms with Crippen molar-refractivity contribution in [3.8, 4) is 0 Å². The van der Waals surface area contributed by atoms with Gasteiger partial charge in [-0.3, -0.25) is 9.59 Å². The quantitative estimate of drug-likeness (QED) is 0.487. The van der Waals surface area contributed by atoms with Crippen molar-refractivity contribution in [2.75, 3.05) is 12.9 Å². The smallest absolute Gasteiger partial charge is 0.306 e. The Morgan fingerprint density at radius 1 is 1.65 bits per heavy atom. The third-order valence-corrected chi connectivity index (χ3v) is 3.38. The molecule has 1 aliphatic rings. The van der Waals surface area contributed by atoms with Crippen LogP contribution in [0.15, 0.2) is 16.0 Å². The molecule has 0 saturated heterocycles. The molecule has 92 valence electrons. The highest BCUT2D eigenvalue weighted by Crippen LogP contribution is 2.38. The number of nitrogens with one attached hydrogen (secondary N) is 1. The van der Waals surface area contributed by atoms with Crippen molar-refractivity contribution in [1.29, 1.82) is 0 Å². The number of carbonyl (C=O) groups is 1. The number of esters is 1. The number of rotatable bonds is 5. The Hall–Kier alpha value is -1.30. The van der Waals surface area contributed by atoms with Gasteiger partial charge in [0.05, 0.1) is 19.2 Å². The molecule has 1 N–H and O–H groups in total. The normalized spacial score (nSPS) is 14.6. The Labute approximate surface area is 103 Å². The summed E-state index contributed by atoms with van der Waals surface area (Å²) in [4.78, 5) is 29.4. The first-order valence-corrected chi connectivity index (χ1v) is 6.48. The molecule has 0 atom stereocenters. The van der Waals surface area contributed by atoms with Gasteiger partial charge in [-0.25, -0.2) is 4.98 Å². The molecule has 0 aliphatic heterocycles. The molecule has 5 nitrogen and oxygen atoms in total. The third kappa shape index (κ3) is 3.59. The van der Waals surface area contributed by atoms with Crippen molar-refractivity contribution in [1.82, 2.24) is 9.97 Å². The number of methoxy groups -OCH3 is 1. The number of aromatic amines is 1. The Bertz CT molecular complexity index is 468. The van der Waals surface area contributed by atoms with E-state index < -0.39 is 0 Å². The highest BCUT2D eigenvalue weighted by Gasteiger charge is 2.25. The number of ether oxygens (including phenoxy) is 1. The second-order valence-corrected chi connectivity index (χ2v) is 5.01. The van der Waals surface area contributed by atoms with Gasteiger partial charge in [-0.05, 0) is 12.8 Å². The average molecular weight is 254 g/mol. The predicted octanol–water partition coefficient (Wildman–Crippen LogP) is 1.30. The van der Waals surface area contributed by atoms with Crippen LogP contribution in [0.25, 0.3) is 0 Å². The minimum absolute atomic E-state index is 0.123. The van der Waals surface area contributed by atoms with E-state index in [0.29, 0.717) is 23.2 Å². The number of hydrogen-bond donors (Lipinski definition) is 1. The predicted molar refractivity (Wildman–Crippen MR) is 64.2 cm³/mol. The van der Waals surface area contributed by atoms with E-state index in [2.05, 4.69) is 14.7 Å². The highest BCUT2D eigenvalue weighted by molar-refractivity contribution is 7.99. The summed E-state index contributed by atoms with van der Waals surface area (Å²) in [6.07, 6.45) is 2.55. The summed E-state index contributed by atoms with van der Waals surface area (Å²) in [7, 11) is 1.36. The van der Waals surface area contributed by atoms with E-state index in [-0.39, 0.29) is 11.5 Å². The molecular formula is C11H14N2O3S. The summed E-state index contributed by atoms with van der Waals surface area (Å²) >= 11 is 1.37. The number of thioether (sulfide) groups is 1. The number of nitrogens with zero attached hydrogens (tertiary/aromatic N) is 1. The lowest BCUT2D eigenvalue weighted by Gasteiger charge is -2.02. The maximum absolute atomic E-state index is 11.4. The van der Waals surface area contributed by atoms with Gasteiger partial charge in [0.15, 0.2) is 5.16 Å².